The van der Waals surface area contributed by atoms with Crippen LogP contribution in [0.4, 0.5) is 11.4 Å². The van der Waals surface area contributed by atoms with Crippen molar-refractivity contribution in [1.82, 2.24) is 0 Å². The highest BCUT2D eigenvalue weighted by molar-refractivity contribution is 5.92. The number of carbonyl (C=O) groups excluding carboxylic acids is 1. The fourth-order valence-corrected chi connectivity index (χ4v) is 3.36. The molecule has 0 saturated carbocycles. The van der Waals surface area contributed by atoms with Gasteiger partial charge in [0.15, 0.2) is 6.61 Å². The van der Waals surface area contributed by atoms with Gasteiger partial charge in [-0.15, -0.1) is 0 Å². The summed E-state index contributed by atoms with van der Waals surface area (Å²) in [7, 11) is 0. The second-order valence-electron chi connectivity index (χ2n) is 6.45. The van der Waals surface area contributed by atoms with E-state index in [4.69, 9.17) is 4.74 Å². The van der Waals surface area contributed by atoms with E-state index in [1.807, 2.05) is 42.5 Å². The van der Waals surface area contributed by atoms with Crippen LogP contribution in [-0.2, 0) is 4.79 Å². The summed E-state index contributed by atoms with van der Waals surface area (Å²) in [5.74, 6) is 0.546. The third-order valence-corrected chi connectivity index (χ3v) is 4.69. The van der Waals surface area contributed by atoms with Crippen LogP contribution < -0.4 is 15.0 Å². The van der Waals surface area contributed by atoms with E-state index in [2.05, 4.69) is 29.3 Å². The van der Waals surface area contributed by atoms with E-state index in [-0.39, 0.29) is 12.5 Å². The van der Waals surface area contributed by atoms with Gasteiger partial charge in [-0.05, 0) is 62.1 Å². The van der Waals surface area contributed by atoms with Gasteiger partial charge < -0.3 is 15.0 Å². The predicted molar refractivity (Wildman–Crippen MR) is 102 cm³/mol. The summed E-state index contributed by atoms with van der Waals surface area (Å²) in [4.78, 5) is 14.5. The average molecular weight is 338 g/mol. The number of nitrogens with zero attached hydrogens (tertiary/aromatic N) is 1. The Hall–Kier alpha value is -2.49. The number of ether oxygens (including phenoxy) is 1. The number of benzene rings is 2. The molecule has 0 bridgehead atoms. The number of anilines is 2. The van der Waals surface area contributed by atoms with Crippen molar-refractivity contribution in [3.8, 4) is 5.75 Å². The van der Waals surface area contributed by atoms with E-state index in [1.54, 1.807) is 0 Å². The summed E-state index contributed by atoms with van der Waals surface area (Å²) in [6.07, 6.45) is 5.03. The standard InChI is InChI=1S/C21H26N2O2/c1-2-18-8-6-7-15-23(18)19-13-11-17(12-14-19)22-21(24)16-25-20-9-4-3-5-10-20/h3-5,9-14,18H,2,6-8,15-16H2,1H3,(H,22,24). The molecular weight excluding hydrogens is 312 g/mol. The zero-order valence-electron chi connectivity index (χ0n) is 14.8. The van der Waals surface area contributed by atoms with E-state index < -0.39 is 0 Å². The Kier molecular flexibility index (Phi) is 5.94. The molecule has 4 heteroatoms. The normalized spacial score (nSPS) is 17.2. The molecule has 1 unspecified atom stereocenters. The van der Waals surface area contributed by atoms with E-state index in [1.165, 1.54) is 31.4 Å². The minimum atomic E-state index is -0.152. The molecule has 3 rings (SSSR count). The first-order valence-electron chi connectivity index (χ1n) is 9.10. The first kappa shape index (κ1) is 17.3. The molecule has 25 heavy (non-hydrogen) atoms. The van der Waals surface area contributed by atoms with Gasteiger partial charge in [0.1, 0.15) is 5.75 Å². The maximum absolute atomic E-state index is 12.0. The first-order chi connectivity index (χ1) is 12.3. The highest BCUT2D eigenvalue weighted by atomic mass is 16.5. The maximum Gasteiger partial charge on any atom is 0.262 e. The predicted octanol–water partition coefficient (Wildman–Crippen LogP) is 4.47. The van der Waals surface area contributed by atoms with Gasteiger partial charge in [0.05, 0.1) is 0 Å². The van der Waals surface area contributed by atoms with E-state index in [9.17, 15) is 4.79 Å². The number of nitrogens with one attached hydrogen (secondary N) is 1. The second kappa shape index (κ2) is 8.56. The number of carbonyl (C=O) groups is 1. The number of hydrogen-bond acceptors (Lipinski definition) is 3. The van der Waals surface area contributed by atoms with Crippen LogP contribution in [0, 0.1) is 0 Å². The van der Waals surface area contributed by atoms with Gasteiger partial charge in [0.25, 0.3) is 5.91 Å². The molecule has 0 radical (unpaired) electrons. The molecule has 4 nitrogen and oxygen atoms in total. The highest BCUT2D eigenvalue weighted by Crippen LogP contribution is 2.27. The smallest absolute Gasteiger partial charge is 0.262 e. The zero-order valence-corrected chi connectivity index (χ0v) is 14.8. The largest absolute Gasteiger partial charge is 0.484 e. The Morgan fingerprint density at radius 3 is 2.60 bits per heavy atom. The summed E-state index contributed by atoms with van der Waals surface area (Å²) in [6, 6.07) is 18.1. The van der Waals surface area contributed by atoms with Crippen LogP contribution in [-0.4, -0.2) is 25.1 Å². The fourth-order valence-electron chi connectivity index (χ4n) is 3.36. The summed E-state index contributed by atoms with van der Waals surface area (Å²) in [5.41, 5.74) is 2.04. The number of para-hydroxylation sites is 1. The van der Waals surface area contributed by atoms with Gasteiger partial charge in [-0.2, -0.15) is 0 Å². The maximum atomic E-state index is 12.0. The molecule has 1 amide bonds. The molecule has 0 spiro atoms. The van der Waals surface area contributed by atoms with Gasteiger partial charge in [0.2, 0.25) is 0 Å². The lowest BCUT2D eigenvalue weighted by atomic mass is 9.99. The summed E-state index contributed by atoms with van der Waals surface area (Å²) >= 11 is 0. The molecule has 0 aromatic heterocycles. The van der Waals surface area contributed by atoms with Crippen molar-refractivity contribution in [2.45, 2.75) is 38.6 Å². The SMILES string of the molecule is CCC1CCCCN1c1ccc(NC(=O)COc2ccccc2)cc1. The third-order valence-electron chi connectivity index (χ3n) is 4.69. The lowest BCUT2D eigenvalue weighted by Gasteiger charge is -2.37. The lowest BCUT2D eigenvalue weighted by Crippen LogP contribution is -2.39. The number of amides is 1. The van der Waals surface area contributed by atoms with Crippen molar-refractivity contribution in [1.29, 1.82) is 0 Å². The summed E-state index contributed by atoms with van der Waals surface area (Å²) in [5, 5.41) is 2.89. The zero-order chi connectivity index (χ0) is 17.5. The van der Waals surface area contributed by atoms with Crippen molar-refractivity contribution in [3.63, 3.8) is 0 Å². The Labute approximate surface area is 149 Å². The van der Waals surface area contributed by atoms with Gasteiger partial charge in [-0.3, -0.25) is 4.79 Å². The van der Waals surface area contributed by atoms with Crippen molar-refractivity contribution < 1.29 is 9.53 Å². The highest BCUT2D eigenvalue weighted by Gasteiger charge is 2.20. The molecule has 132 valence electrons. The molecular formula is C21H26N2O2. The Bertz CT molecular complexity index is 670. The van der Waals surface area contributed by atoms with E-state index in [0.29, 0.717) is 11.8 Å². The molecule has 1 aliphatic heterocycles. The van der Waals surface area contributed by atoms with Gasteiger partial charge in [0, 0.05) is 24.0 Å². The Morgan fingerprint density at radius 2 is 1.88 bits per heavy atom. The minimum Gasteiger partial charge on any atom is -0.484 e. The van der Waals surface area contributed by atoms with Crippen molar-refractivity contribution in [3.05, 3.63) is 54.6 Å². The van der Waals surface area contributed by atoms with Crippen LogP contribution >= 0.6 is 0 Å². The van der Waals surface area contributed by atoms with Crippen molar-refractivity contribution in [2.24, 2.45) is 0 Å². The fraction of sp³-hybridized carbons (Fsp3) is 0.381. The van der Waals surface area contributed by atoms with Crippen LogP contribution in [0.2, 0.25) is 0 Å². The van der Waals surface area contributed by atoms with Crippen LogP contribution in [0.1, 0.15) is 32.6 Å². The summed E-state index contributed by atoms with van der Waals surface area (Å²) in [6.45, 7) is 3.38. The molecule has 0 aliphatic carbocycles. The Balaban J connectivity index is 1.54. The Morgan fingerprint density at radius 1 is 1.12 bits per heavy atom. The molecule has 1 aliphatic rings. The van der Waals surface area contributed by atoms with Gasteiger partial charge in [-0.1, -0.05) is 25.1 Å². The van der Waals surface area contributed by atoms with Gasteiger partial charge >= 0.3 is 0 Å². The van der Waals surface area contributed by atoms with Crippen molar-refractivity contribution >= 4 is 17.3 Å². The monoisotopic (exact) mass is 338 g/mol. The molecule has 2 aromatic rings. The van der Waals surface area contributed by atoms with Crippen LogP contribution in [0.3, 0.4) is 0 Å². The van der Waals surface area contributed by atoms with Crippen molar-refractivity contribution in [2.75, 3.05) is 23.4 Å². The third kappa shape index (κ3) is 4.75. The second-order valence-corrected chi connectivity index (χ2v) is 6.45. The van der Waals surface area contributed by atoms with E-state index >= 15 is 0 Å². The number of rotatable bonds is 6. The quantitative estimate of drug-likeness (QED) is 0.845. The summed E-state index contributed by atoms with van der Waals surface area (Å²) < 4.78 is 5.47. The molecule has 1 saturated heterocycles. The first-order valence-corrected chi connectivity index (χ1v) is 9.10. The molecule has 1 N–H and O–H groups in total. The lowest BCUT2D eigenvalue weighted by molar-refractivity contribution is -0.118. The molecule has 1 atom stereocenters. The minimum absolute atomic E-state index is 0.00972. The molecule has 2 aromatic carbocycles. The average Bonchev–Trinajstić information content (AvgIpc) is 2.68. The molecule has 1 fully saturated rings. The number of piperidine rings is 1. The number of hydrogen-bond donors (Lipinski definition) is 1. The topological polar surface area (TPSA) is 41.6 Å². The van der Waals surface area contributed by atoms with Crippen LogP contribution in [0.15, 0.2) is 54.6 Å². The van der Waals surface area contributed by atoms with Crippen LogP contribution in [0.5, 0.6) is 5.75 Å². The van der Waals surface area contributed by atoms with Crippen LogP contribution in [0.25, 0.3) is 0 Å². The molecule has 1 heterocycles. The van der Waals surface area contributed by atoms with Gasteiger partial charge in [-0.25, -0.2) is 0 Å². The van der Waals surface area contributed by atoms with E-state index in [0.717, 1.165) is 12.2 Å².